The van der Waals surface area contributed by atoms with Gasteiger partial charge in [-0.15, -0.1) is 0 Å². The molecule has 0 aliphatic carbocycles. The highest BCUT2D eigenvalue weighted by molar-refractivity contribution is 7.85. The van der Waals surface area contributed by atoms with Gasteiger partial charge in [0.2, 0.25) is 0 Å². The third kappa shape index (κ3) is 7.24. The van der Waals surface area contributed by atoms with Gasteiger partial charge in [-0.05, 0) is 50.8 Å². The zero-order valence-electron chi connectivity index (χ0n) is 18.0. The Kier molecular flexibility index (Phi) is 8.32. The van der Waals surface area contributed by atoms with E-state index in [-0.39, 0.29) is 11.9 Å². The summed E-state index contributed by atoms with van der Waals surface area (Å²) in [5, 5.41) is 0. The van der Waals surface area contributed by atoms with Crippen LogP contribution in [0.4, 0.5) is 0 Å². The molecule has 2 aromatic carbocycles. The Hall–Kier alpha value is -2.27. The van der Waals surface area contributed by atoms with Crippen molar-refractivity contribution in [3.05, 3.63) is 60.2 Å². The molecule has 0 radical (unpaired) electrons. The van der Waals surface area contributed by atoms with Crippen molar-refractivity contribution in [2.45, 2.75) is 52.2 Å². The summed E-state index contributed by atoms with van der Waals surface area (Å²) in [6.45, 7) is 9.66. The van der Waals surface area contributed by atoms with Crippen LogP contribution in [0, 0.1) is 5.92 Å². The van der Waals surface area contributed by atoms with Crippen molar-refractivity contribution in [2.24, 2.45) is 10.3 Å². The second kappa shape index (κ2) is 10.5. The van der Waals surface area contributed by atoms with Gasteiger partial charge in [0.25, 0.3) is 0 Å². The van der Waals surface area contributed by atoms with E-state index >= 15 is 0 Å². The number of rotatable bonds is 8. The van der Waals surface area contributed by atoms with Crippen LogP contribution in [0.2, 0.25) is 0 Å². The number of carbonyl (C=O) groups excluding carboxylic acids is 1. The number of esters is 1. The lowest BCUT2D eigenvalue weighted by atomic mass is 9.97. The summed E-state index contributed by atoms with van der Waals surface area (Å²) < 4.78 is 21.7. The molecule has 0 heterocycles. The van der Waals surface area contributed by atoms with E-state index in [2.05, 4.69) is 40.8 Å². The SMILES string of the molecule is CCOC(=O)C(C)C/C(Cc1ccc(-c2ccccc2)cc1)=N\[S@@](=O)C(C)(C)C. The summed E-state index contributed by atoms with van der Waals surface area (Å²) in [6, 6.07) is 18.5. The highest BCUT2D eigenvalue weighted by atomic mass is 32.2. The quantitative estimate of drug-likeness (QED) is 0.431. The molecule has 0 N–H and O–H groups in total. The topological polar surface area (TPSA) is 55.7 Å². The fourth-order valence-corrected chi connectivity index (χ4v) is 3.45. The lowest BCUT2D eigenvalue weighted by Gasteiger charge is -2.17. The Bertz CT molecular complexity index is 852. The summed E-state index contributed by atoms with van der Waals surface area (Å²) in [4.78, 5) is 12.1. The molecule has 2 rings (SSSR count). The van der Waals surface area contributed by atoms with Crippen molar-refractivity contribution in [1.82, 2.24) is 0 Å². The number of carbonyl (C=O) groups is 1. The molecule has 0 aliphatic rings. The van der Waals surface area contributed by atoms with Crippen LogP contribution in [0.25, 0.3) is 11.1 Å². The van der Waals surface area contributed by atoms with E-state index in [4.69, 9.17) is 4.74 Å². The molecule has 0 bridgehead atoms. The largest absolute Gasteiger partial charge is 0.466 e. The van der Waals surface area contributed by atoms with Gasteiger partial charge in [0.15, 0.2) is 0 Å². The Labute approximate surface area is 177 Å². The molecular formula is C24H31NO3S. The van der Waals surface area contributed by atoms with Crippen molar-refractivity contribution in [3.63, 3.8) is 0 Å². The molecular weight excluding hydrogens is 382 g/mol. The maximum Gasteiger partial charge on any atom is 0.309 e. The van der Waals surface area contributed by atoms with Gasteiger partial charge in [0.05, 0.1) is 17.3 Å². The normalized spacial score (nSPS) is 14.3. The molecule has 0 aromatic heterocycles. The fourth-order valence-electron chi connectivity index (χ4n) is 2.80. The maximum absolute atomic E-state index is 12.6. The summed E-state index contributed by atoms with van der Waals surface area (Å²) >= 11 is 0. The Morgan fingerprint density at radius 3 is 2.17 bits per heavy atom. The van der Waals surface area contributed by atoms with E-state index in [1.807, 2.05) is 45.9 Å². The Morgan fingerprint density at radius 2 is 1.62 bits per heavy atom. The molecule has 5 heteroatoms. The average Bonchev–Trinajstić information content (AvgIpc) is 2.68. The van der Waals surface area contributed by atoms with Gasteiger partial charge < -0.3 is 4.74 Å². The Balaban J connectivity index is 2.21. The van der Waals surface area contributed by atoms with Gasteiger partial charge in [0.1, 0.15) is 11.0 Å². The van der Waals surface area contributed by atoms with E-state index in [1.54, 1.807) is 6.92 Å². The first-order chi connectivity index (χ1) is 13.7. The number of benzene rings is 2. The van der Waals surface area contributed by atoms with E-state index in [0.717, 1.165) is 22.4 Å². The van der Waals surface area contributed by atoms with Crippen molar-refractivity contribution in [2.75, 3.05) is 6.61 Å². The van der Waals surface area contributed by atoms with Crippen LogP contribution in [0.3, 0.4) is 0 Å². The van der Waals surface area contributed by atoms with Crippen molar-refractivity contribution in [1.29, 1.82) is 0 Å². The van der Waals surface area contributed by atoms with Crippen molar-refractivity contribution >= 4 is 22.7 Å². The highest BCUT2D eigenvalue weighted by Gasteiger charge is 2.22. The molecule has 0 saturated carbocycles. The average molecular weight is 414 g/mol. The molecule has 0 aliphatic heterocycles. The van der Waals surface area contributed by atoms with Gasteiger partial charge in [-0.2, -0.15) is 4.40 Å². The number of hydrogen-bond donors (Lipinski definition) is 0. The lowest BCUT2D eigenvalue weighted by Crippen LogP contribution is -2.24. The van der Waals surface area contributed by atoms with Crippen LogP contribution in [-0.2, 0) is 26.9 Å². The predicted molar refractivity (Wildman–Crippen MR) is 121 cm³/mol. The molecule has 2 aromatic rings. The molecule has 2 atom stereocenters. The first-order valence-corrected chi connectivity index (χ1v) is 11.1. The molecule has 29 heavy (non-hydrogen) atoms. The standard InChI is InChI=1S/C24H31NO3S/c1-6-28-23(26)18(2)16-22(25-29(27)24(3,4)5)17-19-12-14-21(15-13-19)20-10-8-7-9-11-20/h7-15,18H,6,16-17H2,1-5H3/b25-22+/t18?,29-/m0/s1. The van der Waals surface area contributed by atoms with Crippen LogP contribution in [-0.4, -0.2) is 27.2 Å². The minimum absolute atomic E-state index is 0.249. The van der Waals surface area contributed by atoms with Crippen molar-refractivity contribution in [3.8, 4) is 11.1 Å². The second-order valence-corrected chi connectivity index (χ2v) is 10.0. The lowest BCUT2D eigenvalue weighted by molar-refractivity contribution is -0.147. The van der Waals surface area contributed by atoms with Crippen LogP contribution in [0.5, 0.6) is 0 Å². The van der Waals surface area contributed by atoms with E-state index in [0.29, 0.717) is 19.4 Å². The van der Waals surface area contributed by atoms with Gasteiger partial charge in [0, 0.05) is 12.1 Å². The van der Waals surface area contributed by atoms with Crippen LogP contribution >= 0.6 is 0 Å². The fraction of sp³-hybridized carbons (Fsp3) is 0.417. The zero-order valence-corrected chi connectivity index (χ0v) is 18.8. The summed E-state index contributed by atoms with van der Waals surface area (Å²) in [5.74, 6) is -0.574. The smallest absolute Gasteiger partial charge is 0.309 e. The summed E-state index contributed by atoms with van der Waals surface area (Å²) in [7, 11) is -1.37. The van der Waals surface area contributed by atoms with Gasteiger partial charge >= 0.3 is 5.97 Å². The third-order valence-electron chi connectivity index (χ3n) is 4.44. The number of hydrogen-bond acceptors (Lipinski definition) is 3. The minimum Gasteiger partial charge on any atom is -0.466 e. The van der Waals surface area contributed by atoms with E-state index in [1.165, 1.54) is 0 Å². The van der Waals surface area contributed by atoms with Crippen LogP contribution in [0.1, 0.15) is 46.6 Å². The minimum atomic E-state index is -1.37. The molecule has 0 spiro atoms. The first-order valence-electron chi connectivity index (χ1n) is 10.00. The molecule has 0 saturated heterocycles. The monoisotopic (exact) mass is 413 g/mol. The predicted octanol–water partition coefficient (Wildman–Crippen LogP) is 5.39. The third-order valence-corrected chi connectivity index (χ3v) is 5.91. The number of ether oxygens (including phenoxy) is 1. The van der Waals surface area contributed by atoms with Crippen LogP contribution < -0.4 is 0 Å². The molecule has 0 amide bonds. The summed E-state index contributed by atoms with van der Waals surface area (Å²) in [5.41, 5.74) is 4.14. The van der Waals surface area contributed by atoms with Gasteiger partial charge in [-0.3, -0.25) is 4.79 Å². The molecule has 0 fully saturated rings. The Morgan fingerprint density at radius 1 is 1.03 bits per heavy atom. The number of nitrogens with zero attached hydrogens (tertiary/aromatic N) is 1. The highest BCUT2D eigenvalue weighted by Crippen LogP contribution is 2.21. The van der Waals surface area contributed by atoms with E-state index in [9.17, 15) is 9.00 Å². The summed E-state index contributed by atoms with van der Waals surface area (Å²) in [6.07, 6.45) is 0.988. The van der Waals surface area contributed by atoms with Crippen molar-refractivity contribution < 1.29 is 13.7 Å². The zero-order chi connectivity index (χ0) is 21.4. The first kappa shape index (κ1) is 23.0. The molecule has 4 nitrogen and oxygen atoms in total. The second-order valence-electron chi connectivity index (χ2n) is 8.12. The van der Waals surface area contributed by atoms with Crippen LogP contribution in [0.15, 0.2) is 59.0 Å². The van der Waals surface area contributed by atoms with Gasteiger partial charge in [-0.1, -0.05) is 61.5 Å². The molecule has 1 unspecified atom stereocenters. The van der Waals surface area contributed by atoms with Gasteiger partial charge in [-0.25, -0.2) is 4.21 Å². The maximum atomic E-state index is 12.6. The molecule has 156 valence electrons. The van der Waals surface area contributed by atoms with E-state index < -0.39 is 15.7 Å².